The van der Waals surface area contributed by atoms with Gasteiger partial charge in [0, 0.05) is 24.1 Å². The molecule has 0 radical (unpaired) electrons. The van der Waals surface area contributed by atoms with Crippen LogP contribution in [0.25, 0.3) is 0 Å². The molecule has 1 aromatic heterocycles. The number of pyridine rings is 1. The maximum atomic E-state index is 10.9. The Kier molecular flexibility index (Phi) is 3.42. The van der Waals surface area contributed by atoms with E-state index in [0.717, 1.165) is 18.1 Å². The smallest absolute Gasteiger partial charge is 0.354 e. The Morgan fingerprint density at radius 3 is 3.06 bits per heavy atom. The minimum atomic E-state index is -1.02. The van der Waals surface area contributed by atoms with Crippen molar-refractivity contribution in [2.75, 3.05) is 28.7 Å². The molecule has 0 aliphatic carbocycles. The zero-order valence-corrected chi connectivity index (χ0v) is 10.4. The van der Waals surface area contributed by atoms with Crippen molar-refractivity contribution in [3.63, 3.8) is 0 Å². The highest BCUT2D eigenvalue weighted by atomic mass is 32.2. The molecule has 0 aromatic carbocycles. The number of nitrogen functional groups attached to an aromatic ring is 1. The number of aromatic carboxylic acids is 1. The molecular weight excluding hydrogens is 238 g/mol. The van der Waals surface area contributed by atoms with Gasteiger partial charge in [0.25, 0.3) is 0 Å². The van der Waals surface area contributed by atoms with Crippen LogP contribution in [0.3, 0.4) is 0 Å². The number of nitrogens with zero attached hydrogens (tertiary/aromatic N) is 2. The highest BCUT2D eigenvalue weighted by Gasteiger charge is 2.22. The van der Waals surface area contributed by atoms with Crippen LogP contribution in [0.1, 0.15) is 17.4 Å². The van der Waals surface area contributed by atoms with E-state index in [4.69, 9.17) is 10.8 Å². The minimum Gasteiger partial charge on any atom is -0.477 e. The molecule has 5 nitrogen and oxygen atoms in total. The van der Waals surface area contributed by atoms with E-state index < -0.39 is 5.97 Å². The van der Waals surface area contributed by atoms with Gasteiger partial charge in [-0.2, -0.15) is 11.8 Å². The third kappa shape index (κ3) is 2.46. The molecule has 1 aliphatic heterocycles. The standard InChI is InChI=1S/C11H15N3O2S/c1-7-6-17-5-4-14(7)10-8(12)2-3-9(13-10)11(15)16/h2-3,7H,4-6,12H2,1H3,(H,15,16). The Bertz CT molecular complexity index is 439. The van der Waals surface area contributed by atoms with Gasteiger partial charge in [-0.05, 0) is 19.1 Å². The molecule has 17 heavy (non-hydrogen) atoms. The first-order chi connectivity index (χ1) is 8.09. The Morgan fingerprint density at radius 1 is 1.65 bits per heavy atom. The van der Waals surface area contributed by atoms with Crippen LogP contribution >= 0.6 is 11.8 Å². The molecule has 0 bridgehead atoms. The average Bonchev–Trinajstić information content (AvgIpc) is 2.30. The van der Waals surface area contributed by atoms with Crippen LogP contribution in [0.4, 0.5) is 11.5 Å². The molecule has 1 aliphatic rings. The van der Waals surface area contributed by atoms with Crippen LogP contribution < -0.4 is 10.6 Å². The molecule has 0 saturated carbocycles. The van der Waals surface area contributed by atoms with E-state index in [0.29, 0.717) is 17.5 Å². The number of hydrogen-bond donors (Lipinski definition) is 2. The molecule has 3 N–H and O–H groups in total. The maximum Gasteiger partial charge on any atom is 0.354 e. The fourth-order valence-corrected chi connectivity index (χ4v) is 2.86. The number of thioether (sulfide) groups is 1. The van der Waals surface area contributed by atoms with Gasteiger partial charge in [0.15, 0.2) is 11.5 Å². The molecule has 1 atom stereocenters. The van der Waals surface area contributed by atoms with E-state index in [-0.39, 0.29) is 5.69 Å². The number of rotatable bonds is 2. The molecule has 0 amide bonds. The predicted octanol–water partition coefficient (Wildman–Crippen LogP) is 1.30. The molecule has 1 fully saturated rings. The molecule has 6 heteroatoms. The van der Waals surface area contributed by atoms with Gasteiger partial charge in [-0.25, -0.2) is 9.78 Å². The summed E-state index contributed by atoms with van der Waals surface area (Å²) in [7, 11) is 0. The second-order valence-electron chi connectivity index (χ2n) is 4.03. The Labute approximate surface area is 104 Å². The van der Waals surface area contributed by atoms with Gasteiger partial charge in [0.2, 0.25) is 0 Å². The highest BCUT2D eigenvalue weighted by Crippen LogP contribution is 2.27. The third-order valence-electron chi connectivity index (χ3n) is 2.76. The van der Waals surface area contributed by atoms with Crippen molar-refractivity contribution < 1.29 is 9.90 Å². The molecular formula is C11H15N3O2S. The van der Waals surface area contributed by atoms with Gasteiger partial charge in [-0.1, -0.05) is 0 Å². The van der Waals surface area contributed by atoms with E-state index in [1.807, 2.05) is 11.8 Å². The zero-order chi connectivity index (χ0) is 12.4. The minimum absolute atomic E-state index is 0.0413. The van der Waals surface area contributed by atoms with Crippen molar-refractivity contribution in [3.05, 3.63) is 17.8 Å². The summed E-state index contributed by atoms with van der Waals surface area (Å²) >= 11 is 1.89. The van der Waals surface area contributed by atoms with Crippen LogP contribution in [0.15, 0.2) is 12.1 Å². The van der Waals surface area contributed by atoms with Crippen LogP contribution in [0.5, 0.6) is 0 Å². The lowest BCUT2D eigenvalue weighted by Crippen LogP contribution is -2.41. The fourth-order valence-electron chi connectivity index (χ4n) is 1.85. The summed E-state index contributed by atoms with van der Waals surface area (Å²) in [5.74, 6) is 1.60. The molecule has 2 rings (SSSR count). The number of nitrogens with two attached hydrogens (primary N) is 1. The first kappa shape index (κ1) is 12.0. The van der Waals surface area contributed by atoms with Crippen molar-refractivity contribution >= 4 is 29.2 Å². The normalized spacial score (nSPS) is 20.3. The summed E-state index contributed by atoms with van der Waals surface area (Å²) in [5, 5.41) is 8.94. The number of carboxylic acid groups (broad SMARTS) is 1. The van der Waals surface area contributed by atoms with Crippen LogP contribution in [-0.2, 0) is 0 Å². The van der Waals surface area contributed by atoms with E-state index in [9.17, 15) is 4.79 Å². The highest BCUT2D eigenvalue weighted by molar-refractivity contribution is 7.99. The average molecular weight is 253 g/mol. The van der Waals surface area contributed by atoms with Crippen molar-refractivity contribution in [2.24, 2.45) is 0 Å². The molecule has 1 unspecified atom stereocenters. The fraction of sp³-hybridized carbons (Fsp3) is 0.455. The summed E-state index contributed by atoms with van der Waals surface area (Å²) in [5.41, 5.74) is 6.46. The summed E-state index contributed by atoms with van der Waals surface area (Å²) in [6.07, 6.45) is 0. The van der Waals surface area contributed by atoms with Crippen molar-refractivity contribution in [1.29, 1.82) is 0 Å². The molecule has 2 heterocycles. The number of anilines is 2. The van der Waals surface area contributed by atoms with E-state index in [1.54, 1.807) is 6.07 Å². The first-order valence-electron chi connectivity index (χ1n) is 5.44. The van der Waals surface area contributed by atoms with Crippen LogP contribution in [0, 0.1) is 0 Å². The van der Waals surface area contributed by atoms with Gasteiger partial charge in [0.1, 0.15) is 0 Å². The lowest BCUT2D eigenvalue weighted by Gasteiger charge is -2.34. The second kappa shape index (κ2) is 4.83. The number of aromatic nitrogens is 1. The monoisotopic (exact) mass is 253 g/mol. The molecule has 1 saturated heterocycles. The quantitative estimate of drug-likeness (QED) is 0.827. The number of carboxylic acids is 1. The summed E-state index contributed by atoms with van der Waals surface area (Å²) < 4.78 is 0. The molecule has 1 aromatic rings. The van der Waals surface area contributed by atoms with Gasteiger partial charge >= 0.3 is 5.97 Å². The molecule has 92 valence electrons. The van der Waals surface area contributed by atoms with Gasteiger partial charge in [-0.15, -0.1) is 0 Å². The maximum absolute atomic E-state index is 10.9. The van der Waals surface area contributed by atoms with Crippen molar-refractivity contribution in [3.8, 4) is 0 Å². The summed E-state index contributed by atoms with van der Waals surface area (Å²) in [4.78, 5) is 17.1. The largest absolute Gasteiger partial charge is 0.477 e. The van der Waals surface area contributed by atoms with Crippen LogP contribution in [-0.4, -0.2) is 40.2 Å². The lowest BCUT2D eigenvalue weighted by atomic mass is 10.2. The predicted molar refractivity (Wildman–Crippen MR) is 69.7 cm³/mol. The SMILES string of the molecule is CC1CSCCN1c1nc(C(=O)O)ccc1N. The lowest BCUT2D eigenvalue weighted by molar-refractivity contribution is 0.0690. The Hall–Kier alpha value is -1.43. The number of hydrogen-bond acceptors (Lipinski definition) is 5. The Balaban J connectivity index is 2.35. The summed E-state index contributed by atoms with van der Waals surface area (Å²) in [6.45, 7) is 2.95. The first-order valence-corrected chi connectivity index (χ1v) is 6.59. The third-order valence-corrected chi connectivity index (χ3v) is 3.95. The number of carbonyl (C=O) groups is 1. The van der Waals surface area contributed by atoms with E-state index in [2.05, 4.69) is 16.8 Å². The zero-order valence-electron chi connectivity index (χ0n) is 9.59. The second-order valence-corrected chi connectivity index (χ2v) is 5.18. The van der Waals surface area contributed by atoms with Crippen LogP contribution in [0.2, 0.25) is 0 Å². The van der Waals surface area contributed by atoms with Gasteiger partial charge in [-0.3, -0.25) is 0 Å². The topological polar surface area (TPSA) is 79.5 Å². The summed E-state index contributed by atoms with van der Waals surface area (Å²) in [6, 6.07) is 3.37. The van der Waals surface area contributed by atoms with E-state index >= 15 is 0 Å². The molecule has 0 spiro atoms. The van der Waals surface area contributed by atoms with E-state index in [1.165, 1.54) is 6.07 Å². The van der Waals surface area contributed by atoms with Crippen molar-refractivity contribution in [1.82, 2.24) is 4.98 Å². The Morgan fingerprint density at radius 2 is 2.41 bits per heavy atom. The van der Waals surface area contributed by atoms with Gasteiger partial charge < -0.3 is 15.7 Å². The van der Waals surface area contributed by atoms with Crippen molar-refractivity contribution in [2.45, 2.75) is 13.0 Å². The van der Waals surface area contributed by atoms with Gasteiger partial charge in [0.05, 0.1) is 5.69 Å².